The number of anilines is 2. The van der Waals surface area contributed by atoms with E-state index in [0.29, 0.717) is 36.2 Å². The highest BCUT2D eigenvalue weighted by atomic mass is 16.5. The third-order valence-corrected chi connectivity index (χ3v) is 6.21. The van der Waals surface area contributed by atoms with E-state index in [1.54, 1.807) is 18.5 Å². The Balaban J connectivity index is 1.93. The fourth-order valence-corrected chi connectivity index (χ4v) is 4.63. The number of hydrogen-bond donors (Lipinski definition) is 2. The van der Waals surface area contributed by atoms with Gasteiger partial charge in [0.05, 0.1) is 17.8 Å². The number of aliphatic carboxylic acids is 1. The molecule has 1 aliphatic carbocycles. The van der Waals surface area contributed by atoms with Gasteiger partial charge in [-0.15, -0.1) is 0 Å². The lowest BCUT2D eigenvalue weighted by Crippen LogP contribution is -2.40. The van der Waals surface area contributed by atoms with Gasteiger partial charge >= 0.3 is 5.97 Å². The van der Waals surface area contributed by atoms with E-state index in [9.17, 15) is 14.7 Å². The molecule has 1 atom stereocenters. The van der Waals surface area contributed by atoms with Gasteiger partial charge in [0, 0.05) is 31.0 Å². The van der Waals surface area contributed by atoms with Crippen LogP contribution in [0.3, 0.4) is 0 Å². The molecule has 35 heavy (non-hydrogen) atoms. The van der Waals surface area contributed by atoms with Crippen molar-refractivity contribution in [2.45, 2.75) is 84.3 Å². The van der Waals surface area contributed by atoms with Gasteiger partial charge in [-0.25, -0.2) is 14.8 Å². The third kappa shape index (κ3) is 7.94. The van der Waals surface area contributed by atoms with Crippen LogP contribution >= 0.6 is 0 Å². The van der Waals surface area contributed by atoms with Crippen molar-refractivity contribution in [3.05, 3.63) is 42.5 Å². The zero-order valence-corrected chi connectivity index (χ0v) is 21.1. The van der Waals surface area contributed by atoms with Crippen LogP contribution < -0.4 is 15.0 Å². The summed E-state index contributed by atoms with van der Waals surface area (Å²) in [6.45, 7) is 7.19. The molecule has 1 fully saturated rings. The van der Waals surface area contributed by atoms with Crippen LogP contribution in [-0.4, -0.2) is 45.6 Å². The summed E-state index contributed by atoms with van der Waals surface area (Å²) >= 11 is 0. The quantitative estimate of drug-likeness (QED) is 0.434. The molecule has 0 aliphatic heterocycles. The number of rotatable bonds is 12. The average molecular weight is 483 g/mol. The van der Waals surface area contributed by atoms with E-state index in [0.717, 1.165) is 30.6 Å². The molecular weight excluding hydrogens is 444 g/mol. The van der Waals surface area contributed by atoms with Gasteiger partial charge in [0.15, 0.2) is 6.10 Å². The fourth-order valence-electron chi connectivity index (χ4n) is 4.63. The van der Waals surface area contributed by atoms with Crippen LogP contribution in [-0.2, 0) is 16.0 Å². The number of ether oxygens (including phenoxy) is 1. The lowest BCUT2D eigenvalue weighted by molar-refractivity contribution is -0.145. The molecule has 3 rings (SSSR count). The minimum Gasteiger partial charge on any atom is -0.479 e. The van der Waals surface area contributed by atoms with E-state index in [1.807, 2.05) is 19.1 Å². The van der Waals surface area contributed by atoms with Crippen LogP contribution in [0.2, 0.25) is 0 Å². The van der Waals surface area contributed by atoms with Crippen molar-refractivity contribution in [1.82, 2.24) is 9.97 Å². The zero-order valence-electron chi connectivity index (χ0n) is 21.1. The van der Waals surface area contributed by atoms with E-state index >= 15 is 0 Å². The van der Waals surface area contributed by atoms with Crippen molar-refractivity contribution in [3.8, 4) is 5.75 Å². The average Bonchev–Trinajstić information content (AvgIpc) is 2.83. The summed E-state index contributed by atoms with van der Waals surface area (Å²) in [5.74, 6) is -0.302. The number of benzene rings is 1. The van der Waals surface area contributed by atoms with Crippen molar-refractivity contribution in [3.63, 3.8) is 0 Å². The van der Waals surface area contributed by atoms with Crippen LogP contribution in [0.25, 0.3) is 0 Å². The topological polar surface area (TPSA) is 105 Å². The predicted molar refractivity (Wildman–Crippen MR) is 137 cm³/mol. The Labute approximate surface area is 208 Å². The Morgan fingerprint density at radius 2 is 1.89 bits per heavy atom. The Hall–Kier alpha value is -3.16. The highest BCUT2D eigenvalue weighted by Gasteiger charge is 2.26. The van der Waals surface area contributed by atoms with E-state index in [4.69, 9.17) is 4.74 Å². The first kappa shape index (κ1) is 26.4. The van der Waals surface area contributed by atoms with Crippen molar-refractivity contribution < 1.29 is 19.4 Å². The summed E-state index contributed by atoms with van der Waals surface area (Å²) in [5, 5.41) is 12.6. The molecule has 0 radical (unpaired) electrons. The maximum Gasteiger partial charge on any atom is 0.344 e. The third-order valence-electron chi connectivity index (χ3n) is 6.21. The molecule has 1 aromatic carbocycles. The molecule has 1 amide bonds. The first-order valence-electron chi connectivity index (χ1n) is 12.7. The second-order valence-electron chi connectivity index (χ2n) is 9.72. The van der Waals surface area contributed by atoms with Crippen LogP contribution in [0, 0.1) is 5.92 Å². The Bertz CT molecular complexity index is 961. The molecule has 0 bridgehead atoms. The van der Waals surface area contributed by atoms with Gasteiger partial charge in [0.2, 0.25) is 5.91 Å². The molecule has 0 spiro atoms. The van der Waals surface area contributed by atoms with Crippen molar-refractivity contribution in [2.75, 3.05) is 16.8 Å². The number of carboxylic acid groups (broad SMARTS) is 1. The number of aromatic nitrogens is 2. The normalized spacial score (nSPS) is 15.0. The minimum absolute atomic E-state index is 0.145. The SMILES string of the molecule is CCCC(Oc1ccc(N(CC(C)C)C2CCCCC2)c(NC(=O)Cc2cncnc2)c1)C(=O)O. The molecule has 2 aromatic rings. The van der Waals surface area contributed by atoms with Gasteiger partial charge in [0.25, 0.3) is 0 Å². The molecule has 1 saturated carbocycles. The maximum absolute atomic E-state index is 13.0. The highest BCUT2D eigenvalue weighted by molar-refractivity contribution is 5.96. The van der Waals surface area contributed by atoms with Crippen LogP contribution in [0.4, 0.5) is 11.4 Å². The summed E-state index contributed by atoms with van der Waals surface area (Å²) in [7, 11) is 0. The second-order valence-corrected chi connectivity index (χ2v) is 9.72. The number of nitrogens with zero attached hydrogens (tertiary/aromatic N) is 3. The summed E-state index contributed by atoms with van der Waals surface area (Å²) in [6.07, 6.45) is 10.9. The fraction of sp³-hybridized carbons (Fsp3) is 0.556. The Morgan fingerprint density at radius 3 is 2.51 bits per heavy atom. The Morgan fingerprint density at radius 1 is 1.17 bits per heavy atom. The van der Waals surface area contributed by atoms with Crippen molar-refractivity contribution >= 4 is 23.3 Å². The Kier molecular flexibility index (Phi) is 9.87. The van der Waals surface area contributed by atoms with Gasteiger partial charge in [-0.05, 0) is 42.9 Å². The number of carbonyl (C=O) groups is 2. The maximum atomic E-state index is 13.0. The van der Waals surface area contributed by atoms with Crippen molar-refractivity contribution in [2.24, 2.45) is 5.92 Å². The molecule has 8 heteroatoms. The van der Waals surface area contributed by atoms with E-state index in [2.05, 4.69) is 34.0 Å². The molecule has 1 aromatic heterocycles. The summed E-state index contributed by atoms with van der Waals surface area (Å²) < 4.78 is 5.83. The molecule has 190 valence electrons. The minimum atomic E-state index is -0.991. The van der Waals surface area contributed by atoms with Gasteiger partial charge < -0.3 is 20.1 Å². The first-order valence-corrected chi connectivity index (χ1v) is 12.7. The number of nitrogens with one attached hydrogen (secondary N) is 1. The van der Waals surface area contributed by atoms with Gasteiger partial charge in [-0.2, -0.15) is 0 Å². The van der Waals surface area contributed by atoms with Crippen LogP contribution in [0.1, 0.15) is 71.3 Å². The smallest absolute Gasteiger partial charge is 0.344 e. The lowest BCUT2D eigenvalue weighted by atomic mass is 9.93. The standard InChI is InChI=1S/C27H38N4O4/c1-4-8-25(27(33)34)35-22-11-12-24(31(17-19(2)3)21-9-6-5-7-10-21)23(14-22)30-26(32)13-20-15-28-18-29-16-20/h11-12,14-16,18-19,21,25H,4-10,13,17H2,1-3H3,(H,30,32)(H,33,34). The molecule has 1 unspecified atom stereocenters. The molecule has 2 N–H and O–H groups in total. The number of hydrogen-bond acceptors (Lipinski definition) is 6. The van der Waals surface area contributed by atoms with E-state index < -0.39 is 12.1 Å². The summed E-state index contributed by atoms with van der Waals surface area (Å²) in [4.78, 5) is 35.0. The monoisotopic (exact) mass is 482 g/mol. The number of carbonyl (C=O) groups excluding carboxylic acids is 1. The van der Waals surface area contributed by atoms with Crippen LogP contribution in [0.15, 0.2) is 36.9 Å². The van der Waals surface area contributed by atoms with Crippen LogP contribution in [0.5, 0.6) is 5.75 Å². The molecular formula is C27H38N4O4. The molecule has 1 heterocycles. The van der Waals surface area contributed by atoms with E-state index in [1.165, 1.54) is 25.6 Å². The largest absolute Gasteiger partial charge is 0.479 e. The molecule has 1 aliphatic rings. The lowest BCUT2D eigenvalue weighted by Gasteiger charge is -2.38. The van der Waals surface area contributed by atoms with Gasteiger partial charge in [-0.3, -0.25) is 4.79 Å². The van der Waals surface area contributed by atoms with Crippen molar-refractivity contribution in [1.29, 1.82) is 0 Å². The van der Waals surface area contributed by atoms with E-state index in [-0.39, 0.29) is 12.3 Å². The predicted octanol–water partition coefficient (Wildman–Crippen LogP) is 5.09. The van der Waals surface area contributed by atoms with Gasteiger partial charge in [-0.1, -0.05) is 46.5 Å². The molecule has 0 saturated heterocycles. The second kappa shape index (κ2) is 13.1. The first-order chi connectivity index (χ1) is 16.9. The number of amides is 1. The highest BCUT2D eigenvalue weighted by Crippen LogP contribution is 2.36. The summed E-state index contributed by atoms with van der Waals surface area (Å²) in [5.41, 5.74) is 2.30. The molecule has 8 nitrogen and oxygen atoms in total. The zero-order chi connectivity index (χ0) is 25.2. The number of carboxylic acids is 1. The summed E-state index contributed by atoms with van der Waals surface area (Å²) in [6, 6.07) is 5.94. The van der Waals surface area contributed by atoms with Gasteiger partial charge in [0.1, 0.15) is 12.1 Å².